The van der Waals surface area contributed by atoms with Crippen LogP contribution in [0.2, 0.25) is 0 Å². The Morgan fingerprint density at radius 1 is 1.17 bits per heavy atom. The number of nitrogens with zero attached hydrogens (tertiary/aromatic N) is 2. The molecule has 0 bridgehead atoms. The van der Waals surface area contributed by atoms with E-state index in [4.69, 9.17) is 0 Å². The van der Waals surface area contributed by atoms with E-state index in [0.29, 0.717) is 4.47 Å². The molecule has 0 unspecified atom stereocenters. The molecule has 0 fully saturated rings. The highest BCUT2D eigenvalue weighted by atomic mass is 79.9. The highest BCUT2D eigenvalue weighted by Gasteiger charge is 2.10. The quantitative estimate of drug-likeness (QED) is 0.657. The highest BCUT2D eigenvalue weighted by Crippen LogP contribution is 2.24. The fourth-order valence-electron chi connectivity index (χ4n) is 2.10. The molecule has 0 aliphatic heterocycles. The molecule has 90 valence electrons. The summed E-state index contributed by atoms with van der Waals surface area (Å²) in [6.45, 7) is 1.92. The van der Waals surface area contributed by atoms with E-state index in [9.17, 15) is 4.39 Å². The third kappa shape index (κ3) is 1.73. The maximum absolute atomic E-state index is 13.6. The van der Waals surface area contributed by atoms with E-state index in [0.717, 1.165) is 22.5 Å². The smallest absolute Gasteiger partial charge is 0.139 e. The second-order valence-corrected chi connectivity index (χ2v) is 4.94. The van der Waals surface area contributed by atoms with E-state index in [1.165, 1.54) is 6.07 Å². The lowest BCUT2D eigenvalue weighted by molar-refractivity contribution is 0.620. The summed E-state index contributed by atoms with van der Waals surface area (Å²) >= 11 is 3.16. The van der Waals surface area contributed by atoms with E-state index < -0.39 is 0 Å². The van der Waals surface area contributed by atoms with Crippen LogP contribution in [0.5, 0.6) is 0 Å². The summed E-state index contributed by atoms with van der Waals surface area (Å²) < 4.78 is 16.0. The number of imidazole rings is 1. The molecule has 0 aliphatic rings. The van der Waals surface area contributed by atoms with Crippen molar-refractivity contribution in [3.63, 3.8) is 0 Å². The van der Waals surface area contributed by atoms with Gasteiger partial charge in [-0.1, -0.05) is 12.1 Å². The molecule has 0 radical (unpaired) electrons. The Labute approximate surface area is 112 Å². The fourth-order valence-corrected chi connectivity index (χ4v) is 2.34. The minimum Gasteiger partial charge on any atom is -0.296 e. The summed E-state index contributed by atoms with van der Waals surface area (Å²) in [4.78, 5) is 4.47. The average Bonchev–Trinajstić information content (AvgIpc) is 2.69. The second kappa shape index (κ2) is 4.21. The number of rotatable bonds is 1. The standard InChI is InChI=1S/C14H10BrFN2/c1-9-17-13-4-2-3-5-14(13)18(9)10-6-7-11(15)12(16)8-10/h2-8H,1H3. The van der Waals surface area contributed by atoms with Gasteiger partial charge in [0.05, 0.1) is 21.2 Å². The first-order valence-corrected chi connectivity index (χ1v) is 6.35. The zero-order valence-corrected chi connectivity index (χ0v) is 11.3. The summed E-state index contributed by atoms with van der Waals surface area (Å²) in [6.07, 6.45) is 0. The topological polar surface area (TPSA) is 17.8 Å². The van der Waals surface area contributed by atoms with Crippen LogP contribution in [0.1, 0.15) is 5.82 Å². The Bertz CT molecular complexity index is 734. The van der Waals surface area contributed by atoms with Gasteiger partial charge in [0.15, 0.2) is 0 Å². The molecule has 2 nitrogen and oxygen atoms in total. The first-order valence-electron chi connectivity index (χ1n) is 5.56. The van der Waals surface area contributed by atoms with Gasteiger partial charge in [0, 0.05) is 0 Å². The molecule has 3 aromatic rings. The first kappa shape index (κ1) is 11.4. The predicted molar refractivity (Wildman–Crippen MR) is 73.5 cm³/mol. The number of fused-ring (bicyclic) bond motifs is 1. The van der Waals surface area contributed by atoms with Crippen molar-refractivity contribution in [2.75, 3.05) is 0 Å². The molecule has 0 aliphatic carbocycles. The van der Waals surface area contributed by atoms with Crippen LogP contribution >= 0.6 is 15.9 Å². The number of hydrogen-bond donors (Lipinski definition) is 0. The van der Waals surface area contributed by atoms with Gasteiger partial charge >= 0.3 is 0 Å². The van der Waals surface area contributed by atoms with Crippen LogP contribution in [0.25, 0.3) is 16.7 Å². The van der Waals surface area contributed by atoms with Gasteiger partial charge in [-0.3, -0.25) is 4.57 Å². The molecule has 0 spiro atoms. The van der Waals surface area contributed by atoms with Crippen LogP contribution < -0.4 is 0 Å². The SMILES string of the molecule is Cc1nc2ccccc2n1-c1ccc(Br)c(F)c1. The van der Waals surface area contributed by atoms with Crippen molar-refractivity contribution in [1.29, 1.82) is 0 Å². The molecule has 1 heterocycles. The molecule has 2 aromatic carbocycles. The number of para-hydroxylation sites is 2. The Morgan fingerprint density at radius 3 is 2.72 bits per heavy atom. The van der Waals surface area contributed by atoms with E-state index in [-0.39, 0.29) is 5.82 Å². The molecule has 18 heavy (non-hydrogen) atoms. The van der Waals surface area contributed by atoms with Crippen LogP contribution in [0.3, 0.4) is 0 Å². The molecule has 0 amide bonds. The predicted octanol–water partition coefficient (Wildman–Crippen LogP) is 4.24. The number of halogens is 2. The van der Waals surface area contributed by atoms with Crippen molar-refractivity contribution in [2.45, 2.75) is 6.92 Å². The normalized spacial score (nSPS) is 11.1. The van der Waals surface area contributed by atoms with E-state index in [1.807, 2.05) is 41.8 Å². The molecular weight excluding hydrogens is 295 g/mol. The van der Waals surface area contributed by atoms with Gasteiger partial charge < -0.3 is 0 Å². The van der Waals surface area contributed by atoms with Crippen molar-refractivity contribution in [3.8, 4) is 5.69 Å². The molecule has 4 heteroatoms. The fraction of sp³-hybridized carbons (Fsp3) is 0.0714. The van der Waals surface area contributed by atoms with Crippen LogP contribution in [0, 0.1) is 12.7 Å². The number of hydrogen-bond acceptors (Lipinski definition) is 1. The zero-order chi connectivity index (χ0) is 12.7. The Kier molecular flexibility index (Phi) is 2.67. The Balaban J connectivity index is 2.30. The van der Waals surface area contributed by atoms with Crippen molar-refractivity contribution in [3.05, 3.63) is 58.6 Å². The van der Waals surface area contributed by atoms with Crippen LogP contribution in [-0.2, 0) is 0 Å². The molecule has 0 saturated heterocycles. The summed E-state index contributed by atoms with van der Waals surface area (Å²) in [7, 11) is 0. The summed E-state index contributed by atoms with van der Waals surface area (Å²) in [5.41, 5.74) is 2.68. The number of aryl methyl sites for hydroxylation is 1. The Morgan fingerprint density at radius 2 is 1.94 bits per heavy atom. The van der Waals surface area contributed by atoms with Gasteiger partial charge in [-0.2, -0.15) is 0 Å². The van der Waals surface area contributed by atoms with Crippen molar-refractivity contribution >= 4 is 27.0 Å². The molecule has 0 N–H and O–H groups in total. The van der Waals surface area contributed by atoms with Gasteiger partial charge in [0.25, 0.3) is 0 Å². The number of benzene rings is 2. The lowest BCUT2D eigenvalue weighted by Gasteiger charge is -2.07. The summed E-state index contributed by atoms with van der Waals surface area (Å²) in [6, 6.07) is 12.9. The van der Waals surface area contributed by atoms with Crippen molar-refractivity contribution < 1.29 is 4.39 Å². The third-order valence-corrected chi connectivity index (χ3v) is 3.53. The second-order valence-electron chi connectivity index (χ2n) is 4.08. The summed E-state index contributed by atoms with van der Waals surface area (Å²) in [5.74, 6) is 0.572. The molecule has 1 aromatic heterocycles. The summed E-state index contributed by atoms with van der Waals surface area (Å²) in [5, 5.41) is 0. The minimum atomic E-state index is -0.273. The van der Waals surface area contributed by atoms with E-state index in [1.54, 1.807) is 6.07 Å². The average molecular weight is 305 g/mol. The van der Waals surface area contributed by atoms with Gasteiger partial charge in [0.1, 0.15) is 11.6 Å². The van der Waals surface area contributed by atoms with Crippen LogP contribution in [0.4, 0.5) is 4.39 Å². The molecule has 3 rings (SSSR count). The molecule has 0 atom stereocenters. The maximum atomic E-state index is 13.6. The van der Waals surface area contributed by atoms with Crippen LogP contribution in [0.15, 0.2) is 46.9 Å². The zero-order valence-electron chi connectivity index (χ0n) is 9.69. The van der Waals surface area contributed by atoms with E-state index >= 15 is 0 Å². The third-order valence-electron chi connectivity index (χ3n) is 2.89. The van der Waals surface area contributed by atoms with Gasteiger partial charge in [-0.15, -0.1) is 0 Å². The number of aromatic nitrogens is 2. The largest absolute Gasteiger partial charge is 0.296 e. The van der Waals surface area contributed by atoms with E-state index in [2.05, 4.69) is 20.9 Å². The molecule has 0 saturated carbocycles. The monoisotopic (exact) mass is 304 g/mol. The Hall–Kier alpha value is -1.68. The van der Waals surface area contributed by atoms with Crippen LogP contribution in [-0.4, -0.2) is 9.55 Å². The maximum Gasteiger partial charge on any atom is 0.139 e. The van der Waals surface area contributed by atoms with Crippen molar-refractivity contribution in [2.24, 2.45) is 0 Å². The lowest BCUT2D eigenvalue weighted by atomic mass is 10.2. The molecular formula is C14H10BrFN2. The minimum absolute atomic E-state index is 0.273. The first-order chi connectivity index (χ1) is 8.66. The highest BCUT2D eigenvalue weighted by molar-refractivity contribution is 9.10. The van der Waals surface area contributed by atoms with Gasteiger partial charge in [-0.25, -0.2) is 9.37 Å². The van der Waals surface area contributed by atoms with Crippen molar-refractivity contribution in [1.82, 2.24) is 9.55 Å². The van der Waals surface area contributed by atoms with Gasteiger partial charge in [0.2, 0.25) is 0 Å². The van der Waals surface area contributed by atoms with Gasteiger partial charge in [-0.05, 0) is 53.2 Å². The lowest BCUT2D eigenvalue weighted by Crippen LogP contribution is -1.97.